The molecule has 0 unspecified atom stereocenters. The molecule has 2 rings (SSSR count). The maximum absolute atomic E-state index is 10.6. The fraction of sp³-hybridized carbons (Fsp3) is 0.250. The Balaban J connectivity index is 2.16. The average Bonchev–Trinajstić information content (AvgIpc) is 2.92. The smallest absolute Gasteiger partial charge is 0.328 e. The molecule has 0 spiro atoms. The summed E-state index contributed by atoms with van der Waals surface area (Å²) in [5, 5.41) is 11.8. The second-order valence-corrected chi connectivity index (χ2v) is 5.48. The lowest BCUT2D eigenvalue weighted by Crippen LogP contribution is -1.99. The van der Waals surface area contributed by atoms with Gasteiger partial charge < -0.3 is 9.84 Å². The Morgan fingerprint density at radius 1 is 1.48 bits per heavy atom. The van der Waals surface area contributed by atoms with Crippen LogP contribution in [-0.2, 0) is 17.8 Å². The number of hydrogen-bond acceptors (Lipinski definition) is 4. The molecule has 4 nitrogen and oxygen atoms in total. The molecule has 5 heteroatoms. The summed E-state index contributed by atoms with van der Waals surface area (Å²) in [6, 6.07) is 5.65. The van der Waals surface area contributed by atoms with Crippen LogP contribution in [0.15, 0.2) is 29.7 Å². The number of carboxylic acid groups (broad SMARTS) is 1. The van der Waals surface area contributed by atoms with Gasteiger partial charge in [0.2, 0.25) is 0 Å². The van der Waals surface area contributed by atoms with Gasteiger partial charge in [-0.05, 0) is 25.0 Å². The second-order valence-electron chi connectivity index (χ2n) is 4.54. The van der Waals surface area contributed by atoms with Gasteiger partial charge in [-0.3, -0.25) is 0 Å². The van der Waals surface area contributed by atoms with E-state index in [4.69, 9.17) is 9.84 Å². The van der Waals surface area contributed by atoms with Crippen LogP contribution in [0, 0.1) is 6.92 Å². The largest absolute Gasteiger partial charge is 0.486 e. The Morgan fingerprint density at radius 3 is 2.95 bits per heavy atom. The number of aromatic nitrogens is 1. The van der Waals surface area contributed by atoms with Gasteiger partial charge in [-0.2, -0.15) is 0 Å². The molecule has 0 radical (unpaired) electrons. The summed E-state index contributed by atoms with van der Waals surface area (Å²) >= 11 is 1.62. The second kappa shape index (κ2) is 7.04. The Bertz CT molecular complexity index is 661. The van der Waals surface area contributed by atoms with Crippen molar-refractivity contribution in [2.45, 2.75) is 26.9 Å². The van der Waals surface area contributed by atoms with Crippen molar-refractivity contribution in [3.05, 3.63) is 51.5 Å². The zero-order chi connectivity index (χ0) is 15.2. The Morgan fingerprint density at radius 2 is 2.29 bits per heavy atom. The first-order valence-electron chi connectivity index (χ1n) is 6.67. The third-order valence-corrected chi connectivity index (χ3v) is 3.96. The molecule has 2 aromatic rings. The lowest BCUT2D eigenvalue weighted by molar-refractivity contribution is -0.131. The van der Waals surface area contributed by atoms with Gasteiger partial charge in [0.25, 0.3) is 0 Å². The molecule has 0 aliphatic heterocycles. The number of rotatable bonds is 6. The van der Waals surface area contributed by atoms with E-state index < -0.39 is 5.97 Å². The molecule has 0 aliphatic rings. The number of aryl methyl sites for hydroxylation is 2. The van der Waals surface area contributed by atoms with Crippen LogP contribution in [0.3, 0.4) is 0 Å². The molecule has 0 aliphatic carbocycles. The number of nitrogens with zero attached hydrogens (tertiary/aromatic N) is 1. The first-order chi connectivity index (χ1) is 10.1. The highest BCUT2D eigenvalue weighted by Gasteiger charge is 2.07. The minimum Gasteiger partial charge on any atom is -0.486 e. The minimum atomic E-state index is -0.977. The third kappa shape index (κ3) is 4.16. The summed E-state index contributed by atoms with van der Waals surface area (Å²) in [5.74, 6) is -0.282. The first-order valence-corrected chi connectivity index (χ1v) is 7.54. The number of para-hydroxylation sites is 1. The van der Waals surface area contributed by atoms with Gasteiger partial charge >= 0.3 is 5.97 Å². The van der Waals surface area contributed by atoms with E-state index in [1.165, 1.54) is 0 Å². The van der Waals surface area contributed by atoms with Gasteiger partial charge in [0, 0.05) is 17.0 Å². The van der Waals surface area contributed by atoms with Crippen LogP contribution in [0.2, 0.25) is 0 Å². The number of carbonyl (C=O) groups is 1. The predicted molar refractivity (Wildman–Crippen MR) is 83.7 cm³/mol. The zero-order valence-electron chi connectivity index (χ0n) is 12.0. The Hall–Kier alpha value is -2.14. The summed E-state index contributed by atoms with van der Waals surface area (Å²) < 4.78 is 5.84. The lowest BCUT2D eigenvalue weighted by Gasteiger charge is -2.11. The van der Waals surface area contributed by atoms with Crippen molar-refractivity contribution in [1.29, 1.82) is 0 Å². The molecular weight excluding hydrogens is 286 g/mol. The summed E-state index contributed by atoms with van der Waals surface area (Å²) in [6.45, 7) is 4.39. The number of thiazole rings is 1. The molecule has 0 bridgehead atoms. The van der Waals surface area contributed by atoms with Crippen LogP contribution in [-0.4, -0.2) is 16.1 Å². The summed E-state index contributed by atoms with van der Waals surface area (Å²) in [5.41, 5.74) is 2.62. The van der Waals surface area contributed by atoms with E-state index in [2.05, 4.69) is 11.9 Å². The normalized spacial score (nSPS) is 11.0. The molecule has 21 heavy (non-hydrogen) atoms. The predicted octanol–water partition coefficient (Wildman–Crippen LogP) is 3.69. The maximum atomic E-state index is 10.6. The number of aliphatic carboxylic acids is 1. The molecule has 110 valence electrons. The van der Waals surface area contributed by atoms with E-state index in [1.54, 1.807) is 17.4 Å². The highest BCUT2D eigenvalue weighted by Crippen LogP contribution is 2.26. The van der Waals surface area contributed by atoms with Crippen LogP contribution >= 0.6 is 11.3 Å². The molecule has 1 heterocycles. The van der Waals surface area contributed by atoms with Crippen molar-refractivity contribution in [3.63, 3.8) is 0 Å². The molecule has 1 N–H and O–H groups in total. The molecule has 0 atom stereocenters. The number of benzene rings is 1. The van der Waals surface area contributed by atoms with E-state index in [-0.39, 0.29) is 0 Å². The van der Waals surface area contributed by atoms with Crippen LogP contribution < -0.4 is 4.74 Å². The minimum absolute atomic E-state index is 0.384. The SMILES string of the molecule is CCc1nc(COc2c(C)cccc2/C=C/C(=O)O)cs1. The number of ether oxygens (including phenoxy) is 1. The van der Waals surface area contributed by atoms with Gasteiger partial charge in [-0.15, -0.1) is 11.3 Å². The van der Waals surface area contributed by atoms with Crippen LogP contribution in [0.5, 0.6) is 5.75 Å². The first kappa shape index (κ1) is 15.3. The number of hydrogen-bond donors (Lipinski definition) is 1. The standard InChI is InChI=1S/C16H17NO3S/c1-3-14-17-13(10-21-14)9-20-16-11(2)5-4-6-12(16)7-8-15(18)19/h4-8,10H,3,9H2,1-2H3,(H,18,19)/b8-7+. The topological polar surface area (TPSA) is 59.4 Å². The maximum Gasteiger partial charge on any atom is 0.328 e. The Kier molecular flexibility index (Phi) is 5.11. The Labute approximate surface area is 127 Å². The molecule has 0 amide bonds. The molecule has 0 saturated heterocycles. The van der Waals surface area contributed by atoms with Gasteiger partial charge in [0.15, 0.2) is 0 Å². The lowest BCUT2D eigenvalue weighted by atomic mass is 10.1. The van der Waals surface area contributed by atoms with Crippen molar-refractivity contribution in [1.82, 2.24) is 4.98 Å². The molecule has 0 saturated carbocycles. The van der Waals surface area contributed by atoms with Crippen molar-refractivity contribution >= 4 is 23.4 Å². The highest BCUT2D eigenvalue weighted by molar-refractivity contribution is 7.09. The van der Waals surface area contributed by atoms with Crippen molar-refractivity contribution in [3.8, 4) is 5.75 Å². The monoisotopic (exact) mass is 303 g/mol. The zero-order valence-corrected chi connectivity index (χ0v) is 12.8. The van der Waals surface area contributed by atoms with E-state index in [0.29, 0.717) is 12.4 Å². The van der Waals surface area contributed by atoms with E-state index >= 15 is 0 Å². The van der Waals surface area contributed by atoms with Crippen molar-refractivity contribution in [2.75, 3.05) is 0 Å². The van der Waals surface area contributed by atoms with Crippen LogP contribution in [0.4, 0.5) is 0 Å². The molecule has 1 aromatic heterocycles. The summed E-state index contributed by atoms with van der Waals surface area (Å²) in [7, 11) is 0. The highest BCUT2D eigenvalue weighted by atomic mass is 32.1. The third-order valence-electron chi connectivity index (χ3n) is 2.91. The van der Waals surface area contributed by atoms with E-state index in [1.807, 2.05) is 30.5 Å². The van der Waals surface area contributed by atoms with Gasteiger partial charge in [0.05, 0.1) is 10.7 Å². The van der Waals surface area contributed by atoms with Crippen LogP contribution in [0.1, 0.15) is 28.8 Å². The van der Waals surface area contributed by atoms with Gasteiger partial charge in [-0.1, -0.05) is 25.1 Å². The fourth-order valence-corrected chi connectivity index (χ4v) is 2.62. The molecular formula is C16H17NO3S. The summed E-state index contributed by atoms with van der Waals surface area (Å²) in [4.78, 5) is 15.1. The van der Waals surface area contributed by atoms with E-state index in [9.17, 15) is 4.79 Å². The van der Waals surface area contributed by atoms with Crippen molar-refractivity contribution < 1.29 is 14.6 Å². The summed E-state index contributed by atoms with van der Waals surface area (Å²) in [6.07, 6.45) is 3.57. The fourth-order valence-electron chi connectivity index (χ4n) is 1.89. The van der Waals surface area contributed by atoms with Gasteiger partial charge in [-0.25, -0.2) is 9.78 Å². The molecule has 0 fully saturated rings. The van der Waals surface area contributed by atoms with E-state index in [0.717, 1.165) is 34.3 Å². The van der Waals surface area contributed by atoms with Crippen molar-refractivity contribution in [2.24, 2.45) is 0 Å². The number of carboxylic acids is 1. The average molecular weight is 303 g/mol. The van der Waals surface area contributed by atoms with Crippen LogP contribution in [0.25, 0.3) is 6.08 Å². The molecule has 1 aromatic carbocycles. The van der Waals surface area contributed by atoms with Gasteiger partial charge in [0.1, 0.15) is 12.4 Å². The quantitative estimate of drug-likeness (QED) is 0.827.